The zero-order valence-corrected chi connectivity index (χ0v) is 11.9. The van der Waals surface area contributed by atoms with E-state index in [1.165, 1.54) is 6.07 Å². The zero-order chi connectivity index (χ0) is 13.2. The number of sulfonamides is 1. The van der Waals surface area contributed by atoms with Crippen LogP contribution in [0, 0.1) is 0 Å². The molecule has 0 spiro atoms. The number of halogens is 1. The highest BCUT2D eigenvalue weighted by Crippen LogP contribution is 2.19. The minimum atomic E-state index is -3.67. The summed E-state index contributed by atoms with van der Waals surface area (Å²) in [5, 5.41) is 5.20. The number of rotatable bonds is 3. The molecule has 18 heavy (non-hydrogen) atoms. The van der Waals surface area contributed by atoms with Gasteiger partial charge >= 0.3 is 0 Å². The fourth-order valence-electron chi connectivity index (χ4n) is 1.75. The van der Waals surface area contributed by atoms with Crippen molar-refractivity contribution in [2.75, 3.05) is 0 Å². The van der Waals surface area contributed by atoms with Gasteiger partial charge in [-0.1, -0.05) is 46.3 Å². The van der Waals surface area contributed by atoms with Crippen molar-refractivity contribution in [2.24, 2.45) is 5.14 Å². The van der Waals surface area contributed by atoms with Crippen LogP contribution in [0.3, 0.4) is 0 Å². The molecule has 0 unspecified atom stereocenters. The van der Waals surface area contributed by atoms with E-state index in [0.29, 0.717) is 12.0 Å². The molecule has 0 fully saturated rings. The van der Waals surface area contributed by atoms with Gasteiger partial charge in [-0.05, 0) is 35.7 Å². The van der Waals surface area contributed by atoms with E-state index in [-0.39, 0.29) is 4.90 Å². The molecular formula is C13H12BrNO2S. The lowest BCUT2D eigenvalue weighted by atomic mass is 10.1. The molecule has 0 saturated carbocycles. The first-order valence-corrected chi connectivity index (χ1v) is 7.66. The second kappa shape index (κ2) is 5.22. The second-order valence-electron chi connectivity index (χ2n) is 3.96. The van der Waals surface area contributed by atoms with Crippen molar-refractivity contribution in [1.29, 1.82) is 0 Å². The summed E-state index contributed by atoms with van der Waals surface area (Å²) in [5.41, 5.74) is 1.75. The summed E-state index contributed by atoms with van der Waals surface area (Å²) in [7, 11) is -3.67. The lowest BCUT2D eigenvalue weighted by Gasteiger charge is -2.07. The Morgan fingerprint density at radius 1 is 1.00 bits per heavy atom. The van der Waals surface area contributed by atoms with Crippen LogP contribution >= 0.6 is 15.9 Å². The average Bonchev–Trinajstić information content (AvgIpc) is 2.31. The molecule has 0 saturated heterocycles. The minimum Gasteiger partial charge on any atom is -0.225 e. The van der Waals surface area contributed by atoms with Gasteiger partial charge in [-0.25, -0.2) is 13.6 Å². The molecule has 0 radical (unpaired) electrons. The van der Waals surface area contributed by atoms with Gasteiger partial charge in [0.25, 0.3) is 0 Å². The molecule has 0 aromatic heterocycles. The van der Waals surface area contributed by atoms with Crippen molar-refractivity contribution >= 4 is 26.0 Å². The zero-order valence-electron chi connectivity index (χ0n) is 9.51. The van der Waals surface area contributed by atoms with Crippen LogP contribution in [0.1, 0.15) is 11.1 Å². The first kappa shape index (κ1) is 13.3. The molecule has 2 aromatic carbocycles. The first-order chi connectivity index (χ1) is 8.47. The van der Waals surface area contributed by atoms with Crippen LogP contribution in [0.25, 0.3) is 0 Å². The van der Waals surface area contributed by atoms with Crippen LogP contribution in [-0.4, -0.2) is 8.42 Å². The third-order valence-electron chi connectivity index (χ3n) is 2.59. The van der Waals surface area contributed by atoms with E-state index in [2.05, 4.69) is 15.9 Å². The molecule has 0 heterocycles. The van der Waals surface area contributed by atoms with Gasteiger partial charge < -0.3 is 0 Å². The van der Waals surface area contributed by atoms with Gasteiger partial charge in [0.1, 0.15) is 0 Å². The number of benzene rings is 2. The molecule has 0 amide bonds. The Morgan fingerprint density at radius 2 is 1.61 bits per heavy atom. The van der Waals surface area contributed by atoms with Crippen LogP contribution in [-0.2, 0) is 16.4 Å². The van der Waals surface area contributed by atoms with Gasteiger partial charge in [-0.2, -0.15) is 0 Å². The second-order valence-corrected chi connectivity index (χ2v) is 6.40. The molecule has 2 rings (SSSR count). The van der Waals surface area contributed by atoms with Crippen LogP contribution in [0.15, 0.2) is 57.9 Å². The van der Waals surface area contributed by atoms with Crippen molar-refractivity contribution in [3.05, 3.63) is 64.1 Å². The Balaban J connectivity index is 2.38. The number of primary sulfonamides is 1. The standard InChI is InChI=1S/C13H12BrNO2S/c14-12-7-5-10(6-8-12)9-11-3-1-2-4-13(11)18(15,16)17/h1-8H,9H2,(H2,15,16,17). The van der Waals surface area contributed by atoms with E-state index in [1.54, 1.807) is 12.1 Å². The summed E-state index contributed by atoms with van der Waals surface area (Å²) >= 11 is 3.36. The van der Waals surface area contributed by atoms with E-state index >= 15 is 0 Å². The summed E-state index contributed by atoms with van der Waals surface area (Å²) in [5.74, 6) is 0. The maximum atomic E-state index is 11.5. The molecule has 0 aliphatic rings. The molecule has 94 valence electrons. The lowest BCUT2D eigenvalue weighted by molar-refractivity contribution is 0.597. The maximum absolute atomic E-state index is 11.5. The predicted octanol–water partition coefficient (Wildman–Crippen LogP) is 2.69. The third kappa shape index (κ3) is 3.19. The third-order valence-corrected chi connectivity index (χ3v) is 4.13. The lowest BCUT2D eigenvalue weighted by Crippen LogP contribution is -2.14. The summed E-state index contributed by atoms with van der Waals surface area (Å²) in [6.07, 6.45) is 0.542. The summed E-state index contributed by atoms with van der Waals surface area (Å²) in [6.45, 7) is 0. The monoisotopic (exact) mass is 325 g/mol. The fourth-order valence-corrected chi connectivity index (χ4v) is 2.79. The fraction of sp³-hybridized carbons (Fsp3) is 0.0769. The van der Waals surface area contributed by atoms with E-state index in [9.17, 15) is 8.42 Å². The molecule has 0 aliphatic carbocycles. The summed E-state index contributed by atoms with van der Waals surface area (Å²) in [6, 6.07) is 14.5. The Kier molecular flexibility index (Phi) is 3.85. The molecule has 2 N–H and O–H groups in total. The van der Waals surface area contributed by atoms with Gasteiger partial charge in [0.05, 0.1) is 4.90 Å². The summed E-state index contributed by atoms with van der Waals surface area (Å²) in [4.78, 5) is 0.188. The molecule has 2 aromatic rings. The summed E-state index contributed by atoms with van der Waals surface area (Å²) < 4.78 is 23.9. The van der Waals surface area contributed by atoms with Crippen LogP contribution < -0.4 is 5.14 Å². The van der Waals surface area contributed by atoms with Crippen LogP contribution in [0.2, 0.25) is 0 Å². The molecular weight excluding hydrogens is 314 g/mol. The highest BCUT2D eigenvalue weighted by molar-refractivity contribution is 9.10. The number of hydrogen-bond acceptors (Lipinski definition) is 2. The van der Waals surface area contributed by atoms with E-state index in [4.69, 9.17) is 5.14 Å². The number of hydrogen-bond donors (Lipinski definition) is 1. The smallest absolute Gasteiger partial charge is 0.225 e. The normalized spacial score (nSPS) is 11.4. The Morgan fingerprint density at radius 3 is 2.22 bits per heavy atom. The van der Waals surface area contributed by atoms with Crippen molar-refractivity contribution in [1.82, 2.24) is 0 Å². The average molecular weight is 326 g/mol. The van der Waals surface area contributed by atoms with Gasteiger partial charge in [0, 0.05) is 4.47 Å². The molecule has 0 bridgehead atoms. The maximum Gasteiger partial charge on any atom is 0.238 e. The predicted molar refractivity (Wildman–Crippen MR) is 74.8 cm³/mol. The molecule has 3 nitrogen and oxygen atoms in total. The van der Waals surface area contributed by atoms with Crippen molar-refractivity contribution in [3.63, 3.8) is 0 Å². The van der Waals surface area contributed by atoms with Crippen LogP contribution in [0.5, 0.6) is 0 Å². The molecule has 0 atom stereocenters. The topological polar surface area (TPSA) is 60.2 Å². The van der Waals surface area contributed by atoms with E-state index in [1.807, 2.05) is 30.3 Å². The SMILES string of the molecule is NS(=O)(=O)c1ccccc1Cc1ccc(Br)cc1. The highest BCUT2D eigenvalue weighted by Gasteiger charge is 2.12. The molecule has 5 heteroatoms. The quantitative estimate of drug-likeness (QED) is 0.943. The van der Waals surface area contributed by atoms with Gasteiger partial charge in [-0.3, -0.25) is 0 Å². The van der Waals surface area contributed by atoms with Crippen LogP contribution in [0.4, 0.5) is 0 Å². The largest absolute Gasteiger partial charge is 0.238 e. The van der Waals surface area contributed by atoms with E-state index in [0.717, 1.165) is 10.0 Å². The number of nitrogens with two attached hydrogens (primary N) is 1. The Hall–Kier alpha value is -1.17. The van der Waals surface area contributed by atoms with Gasteiger partial charge in [0.15, 0.2) is 0 Å². The van der Waals surface area contributed by atoms with Crippen molar-refractivity contribution in [3.8, 4) is 0 Å². The van der Waals surface area contributed by atoms with Gasteiger partial charge in [-0.15, -0.1) is 0 Å². The Labute approximate surface area is 115 Å². The highest BCUT2D eigenvalue weighted by atomic mass is 79.9. The molecule has 0 aliphatic heterocycles. The minimum absolute atomic E-state index is 0.188. The van der Waals surface area contributed by atoms with Gasteiger partial charge in [0.2, 0.25) is 10.0 Å². The van der Waals surface area contributed by atoms with Crippen molar-refractivity contribution in [2.45, 2.75) is 11.3 Å². The van der Waals surface area contributed by atoms with E-state index < -0.39 is 10.0 Å². The Bertz CT molecular complexity index is 651. The first-order valence-electron chi connectivity index (χ1n) is 5.32. The van der Waals surface area contributed by atoms with Crippen molar-refractivity contribution < 1.29 is 8.42 Å².